The van der Waals surface area contributed by atoms with Crippen LogP contribution in [-0.2, 0) is 9.53 Å². The van der Waals surface area contributed by atoms with Crippen molar-refractivity contribution in [2.24, 2.45) is 0 Å². The number of benzene rings is 2. The molecule has 0 fully saturated rings. The number of rotatable bonds is 7. The largest absolute Gasteiger partial charge is 0.477 e. The van der Waals surface area contributed by atoms with E-state index in [4.69, 9.17) is 9.47 Å². The maximum atomic E-state index is 13.3. The van der Waals surface area contributed by atoms with Gasteiger partial charge in [0.2, 0.25) is 0 Å². The molecule has 0 saturated carbocycles. The minimum absolute atomic E-state index is 0.0507. The summed E-state index contributed by atoms with van der Waals surface area (Å²) < 4.78 is 23.5. The molecule has 1 heterocycles. The van der Waals surface area contributed by atoms with Crippen molar-refractivity contribution in [3.05, 3.63) is 74.9 Å². The molecule has 0 radical (unpaired) electrons. The molecule has 2 aromatic carbocycles. The number of para-hydroxylation sites is 2. The molecule has 1 aromatic heterocycles. The van der Waals surface area contributed by atoms with Gasteiger partial charge in [-0.05, 0) is 30.7 Å². The molecule has 8 nitrogen and oxygen atoms in total. The van der Waals surface area contributed by atoms with Gasteiger partial charge in [-0.2, -0.15) is 0 Å². The number of carbonyl (C=O) groups is 2. The lowest BCUT2D eigenvalue weighted by Crippen LogP contribution is -2.21. The number of nitrogens with zero attached hydrogens (tertiary/aromatic N) is 1. The van der Waals surface area contributed by atoms with Crippen LogP contribution in [0.2, 0.25) is 0 Å². The summed E-state index contributed by atoms with van der Waals surface area (Å²) in [6.07, 6.45) is 0. The third-order valence-corrected chi connectivity index (χ3v) is 5.30. The second-order valence-electron chi connectivity index (χ2n) is 6.30. The fourth-order valence-corrected chi connectivity index (χ4v) is 4.01. The number of ether oxygens (including phenoxy) is 2. The van der Waals surface area contributed by atoms with Crippen molar-refractivity contribution in [3.8, 4) is 16.9 Å². The highest BCUT2D eigenvalue weighted by molar-refractivity contribution is 7.17. The molecule has 0 saturated heterocycles. The number of halogens is 1. The molecule has 0 unspecified atom stereocenters. The van der Waals surface area contributed by atoms with Crippen LogP contribution in [-0.4, -0.2) is 30.5 Å². The molecule has 3 rings (SSSR count). The van der Waals surface area contributed by atoms with Crippen LogP contribution in [0.5, 0.6) is 5.75 Å². The van der Waals surface area contributed by atoms with Crippen LogP contribution < -0.4 is 10.1 Å². The van der Waals surface area contributed by atoms with Crippen molar-refractivity contribution in [2.45, 2.75) is 6.92 Å². The van der Waals surface area contributed by atoms with E-state index in [0.717, 1.165) is 11.3 Å². The van der Waals surface area contributed by atoms with Gasteiger partial charge in [-0.25, -0.2) is 9.18 Å². The molecule has 0 spiro atoms. The Hall–Kier alpha value is -3.79. The molecule has 31 heavy (non-hydrogen) atoms. The minimum atomic E-state index is -0.668. The Labute approximate surface area is 180 Å². The van der Waals surface area contributed by atoms with Crippen molar-refractivity contribution in [2.75, 3.05) is 19.0 Å². The topological polar surface area (TPSA) is 108 Å². The van der Waals surface area contributed by atoms with Crippen molar-refractivity contribution >= 4 is 33.9 Å². The Bertz CT molecular complexity index is 1140. The summed E-state index contributed by atoms with van der Waals surface area (Å²) in [6.45, 7) is 1.25. The molecule has 0 aliphatic carbocycles. The molecule has 1 amide bonds. The van der Waals surface area contributed by atoms with E-state index < -0.39 is 29.2 Å². The number of carbonyl (C=O) groups excluding carboxylic acids is 2. The first kappa shape index (κ1) is 21.9. The van der Waals surface area contributed by atoms with Crippen LogP contribution in [0.15, 0.2) is 48.5 Å². The quantitative estimate of drug-likeness (QED) is 0.325. The van der Waals surface area contributed by atoms with Gasteiger partial charge in [0, 0.05) is 16.5 Å². The molecule has 3 aromatic rings. The normalized spacial score (nSPS) is 10.4. The molecule has 0 aliphatic heterocycles. The predicted octanol–water partition coefficient (Wildman–Crippen LogP) is 4.57. The summed E-state index contributed by atoms with van der Waals surface area (Å²) in [7, 11) is 1.22. The zero-order valence-electron chi connectivity index (χ0n) is 16.5. The number of nitro groups is 1. The Kier molecular flexibility index (Phi) is 6.61. The second-order valence-corrected chi connectivity index (χ2v) is 7.52. The average Bonchev–Trinajstić information content (AvgIpc) is 3.07. The smallest absolute Gasteiger partial charge is 0.341 e. The third kappa shape index (κ3) is 4.86. The summed E-state index contributed by atoms with van der Waals surface area (Å²) in [5.41, 5.74) is 0.978. The highest BCUT2D eigenvalue weighted by atomic mass is 32.1. The number of nitro benzene ring substituents is 1. The fraction of sp³-hybridized carbons (Fsp3) is 0.143. The van der Waals surface area contributed by atoms with Crippen LogP contribution >= 0.6 is 11.3 Å². The highest BCUT2D eigenvalue weighted by Gasteiger charge is 2.25. The summed E-state index contributed by atoms with van der Waals surface area (Å²) >= 11 is 1.15. The van der Waals surface area contributed by atoms with Gasteiger partial charge in [0.05, 0.1) is 12.0 Å². The van der Waals surface area contributed by atoms with Crippen LogP contribution in [0, 0.1) is 22.9 Å². The van der Waals surface area contributed by atoms with Gasteiger partial charge in [-0.1, -0.05) is 24.3 Å². The van der Waals surface area contributed by atoms with Crippen molar-refractivity contribution in [1.29, 1.82) is 0 Å². The van der Waals surface area contributed by atoms with Crippen LogP contribution in [0.25, 0.3) is 11.1 Å². The summed E-state index contributed by atoms with van der Waals surface area (Å²) in [5.74, 6) is -1.75. The predicted molar refractivity (Wildman–Crippen MR) is 113 cm³/mol. The number of thiophene rings is 1. The Balaban J connectivity index is 1.85. The fourth-order valence-electron chi connectivity index (χ4n) is 2.93. The van der Waals surface area contributed by atoms with E-state index in [2.05, 4.69) is 5.32 Å². The SMILES string of the molecule is COC(=O)c1c(NC(=O)COc2ccccc2[N+](=O)[O-])sc(C)c1-c1ccc(F)cc1. The zero-order chi connectivity index (χ0) is 22.5. The van der Waals surface area contributed by atoms with Crippen LogP contribution in [0.4, 0.5) is 15.1 Å². The van der Waals surface area contributed by atoms with Gasteiger partial charge >= 0.3 is 11.7 Å². The van der Waals surface area contributed by atoms with E-state index in [1.54, 1.807) is 13.0 Å². The number of amides is 1. The molecule has 0 atom stereocenters. The van der Waals surface area contributed by atoms with E-state index >= 15 is 0 Å². The summed E-state index contributed by atoms with van der Waals surface area (Å²) in [6, 6.07) is 11.3. The number of nitrogens with one attached hydrogen (secondary N) is 1. The van der Waals surface area contributed by atoms with Gasteiger partial charge in [0.15, 0.2) is 12.4 Å². The first-order chi connectivity index (χ1) is 14.8. The van der Waals surface area contributed by atoms with E-state index in [1.165, 1.54) is 49.6 Å². The van der Waals surface area contributed by atoms with Gasteiger partial charge < -0.3 is 14.8 Å². The molecule has 0 aliphatic rings. The van der Waals surface area contributed by atoms with Crippen molar-refractivity contribution < 1.29 is 28.4 Å². The third-order valence-electron chi connectivity index (χ3n) is 4.28. The van der Waals surface area contributed by atoms with Gasteiger partial charge in [-0.3, -0.25) is 14.9 Å². The van der Waals surface area contributed by atoms with Crippen LogP contribution in [0.3, 0.4) is 0 Å². The standard InChI is InChI=1S/C21H17FN2O6S/c1-12-18(13-7-9-14(22)10-8-13)19(21(26)29-2)20(31-12)23-17(25)11-30-16-6-4-3-5-15(16)24(27)28/h3-10H,11H2,1-2H3,(H,23,25). The van der Waals surface area contributed by atoms with Crippen molar-refractivity contribution in [3.63, 3.8) is 0 Å². The van der Waals surface area contributed by atoms with Gasteiger partial charge in [0.1, 0.15) is 16.4 Å². The molecule has 10 heteroatoms. The molecule has 1 N–H and O–H groups in total. The number of hydrogen-bond acceptors (Lipinski definition) is 7. The number of aryl methyl sites for hydroxylation is 1. The number of hydrogen-bond donors (Lipinski definition) is 1. The minimum Gasteiger partial charge on any atom is -0.477 e. The zero-order valence-corrected chi connectivity index (χ0v) is 17.3. The molecular formula is C21H17FN2O6S. The lowest BCUT2D eigenvalue weighted by atomic mass is 10.0. The van der Waals surface area contributed by atoms with Gasteiger partial charge in [-0.15, -0.1) is 11.3 Å². The second kappa shape index (κ2) is 9.35. The lowest BCUT2D eigenvalue weighted by molar-refractivity contribution is -0.385. The van der Waals surface area contributed by atoms with E-state index in [9.17, 15) is 24.1 Å². The van der Waals surface area contributed by atoms with Crippen molar-refractivity contribution in [1.82, 2.24) is 0 Å². The number of methoxy groups -OCH3 is 1. The first-order valence-electron chi connectivity index (χ1n) is 8.95. The summed E-state index contributed by atoms with van der Waals surface area (Å²) in [4.78, 5) is 36.0. The lowest BCUT2D eigenvalue weighted by Gasteiger charge is -2.09. The van der Waals surface area contributed by atoms with Crippen LogP contribution in [0.1, 0.15) is 15.2 Å². The average molecular weight is 444 g/mol. The Morgan fingerprint density at radius 2 is 1.84 bits per heavy atom. The van der Waals surface area contributed by atoms with Gasteiger partial charge in [0.25, 0.3) is 5.91 Å². The maximum Gasteiger partial charge on any atom is 0.341 e. The Morgan fingerprint density at radius 1 is 1.16 bits per heavy atom. The number of anilines is 1. The summed E-state index contributed by atoms with van der Waals surface area (Å²) in [5, 5.41) is 13.9. The highest BCUT2D eigenvalue weighted by Crippen LogP contribution is 2.40. The molecule has 0 bridgehead atoms. The molecular weight excluding hydrogens is 427 g/mol. The Morgan fingerprint density at radius 3 is 2.48 bits per heavy atom. The van der Waals surface area contributed by atoms with E-state index in [1.807, 2.05) is 0 Å². The molecule has 160 valence electrons. The first-order valence-corrected chi connectivity index (χ1v) is 9.77. The number of esters is 1. The monoisotopic (exact) mass is 444 g/mol. The van der Waals surface area contributed by atoms with E-state index in [-0.39, 0.29) is 22.0 Å². The maximum absolute atomic E-state index is 13.3. The van der Waals surface area contributed by atoms with E-state index in [0.29, 0.717) is 16.0 Å².